The average Bonchev–Trinajstić information content (AvgIpc) is 3.24. The van der Waals surface area contributed by atoms with Crippen molar-refractivity contribution in [1.29, 1.82) is 0 Å². The van der Waals surface area contributed by atoms with E-state index in [0.717, 1.165) is 0 Å². The summed E-state index contributed by atoms with van der Waals surface area (Å²) in [5, 5.41) is 0. The highest BCUT2D eigenvalue weighted by Crippen LogP contribution is 2.17. The second kappa shape index (κ2) is 6.80. The number of nitrogens with one attached hydrogen (secondary N) is 3. The zero-order valence-corrected chi connectivity index (χ0v) is 13.7. The molecule has 2 amide bonds. The van der Waals surface area contributed by atoms with Crippen LogP contribution in [0.2, 0.25) is 0 Å². The van der Waals surface area contributed by atoms with Crippen LogP contribution in [0, 0.1) is 0 Å². The van der Waals surface area contributed by atoms with Crippen LogP contribution in [0.4, 0.5) is 0 Å². The van der Waals surface area contributed by atoms with Crippen LogP contribution >= 0.6 is 0 Å². The van der Waals surface area contributed by atoms with Crippen LogP contribution in [0.1, 0.15) is 22.6 Å². The first-order valence-electron chi connectivity index (χ1n) is 7.95. The van der Waals surface area contributed by atoms with E-state index in [4.69, 9.17) is 0 Å². The normalized spacial score (nSPS) is 16.8. The number of rotatable bonds is 4. The zero-order valence-electron chi connectivity index (χ0n) is 13.7. The van der Waals surface area contributed by atoms with E-state index in [-0.39, 0.29) is 30.0 Å². The molecule has 0 spiro atoms. The topological polar surface area (TPSA) is 122 Å². The molecule has 1 fully saturated rings. The molecule has 0 aliphatic carbocycles. The number of nitrogens with zero attached hydrogens (tertiary/aromatic N) is 2. The van der Waals surface area contributed by atoms with Crippen LogP contribution in [-0.2, 0) is 11.2 Å². The van der Waals surface area contributed by atoms with Crippen molar-refractivity contribution in [3.8, 4) is 0 Å². The smallest absolute Gasteiger partial charge is 0.325 e. The molecule has 3 heterocycles. The monoisotopic (exact) mass is 345 g/mol. The van der Waals surface area contributed by atoms with E-state index in [2.05, 4.69) is 15.0 Å². The van der Waals surface area contributed by atoms with Gasteiger partial charge in [0.15, 0.2) is 0 Å². The third kappa shape index (κ3) is 3.70. The molecule has 132 valence electrons. The Morgan fingerprint density at radius 2 is 2.12 bits per heavy atom. The number of carbonyl (C=O) groups excluding carboxylic acids is 2. The molecule has 1 atom stereocenters. The van der Waals surface area contributed by atoms with Gasteiger partial charge in [0.2, 0.25) is 5.91 Å². The van der Waals surface area contributed by atoms with Crippen LogP contribution in [0.15, 0.2) is 34.0 Å². The number of hydrogen-bond acceptors (Lipinski definition) is 4. The van der Waals surface area contributed by atoms with Gasteiger partial charge in [-0.3, -0.25) is 19.4 Å². The maximum Gasteiger partial charge on any atom is 0.325 e. The van der Waals surface area contributed by atoms with Crippen LogP contribution < -0.4 is 11.2 Å². The zero-order chi connectivity index (χ0) is 18.0. The quantitative estimate of drug-likeness (QED) is 0.678. The molecule has 1 saturated heterocycles. The summed E-state index contributed by atoms with van der Waals surface area (Å²) in [5.74, 6) is -0.312. The van der Waals surface area contributed by atoms with Crippen molar-refractivity contribution in [2.24, 2.45) is 0 Å². The first-order chi connectivity index (χ1) is 11.9. The maximum absolute atomic E-state index is 12.4. The van der Waals surface area contributed by atoms with E-state index in [1.165, 1.54) is 6.07 Å². The minimum atomic E-state index is -0.637. The van der Waals surface area contributed by atoms with Gasteiger partial charge in [0.1, 0.15) is 5.69 Å². The van der Waals surface area contributed by atoms with Crippen molar-refractivity contribution >= 4 is 11.8 Å². The Labute approximate surface area is 142 Å². The molecule has 0 bridgehead atoms. The second-order valence-electron chi connectivity index (χ2n) is 6.07. The van der Waals surface area contributed by atoms with Crippen molar-refractivity contribution in [2.75, 3.05) is 20.1 Å². The summed E-state index contributed by atoms with van der Waals surface area (Å²) in [6.45, 7) is 1.02. The molecule has 0 saturated carbocycles. The van der Waals surface area contributed by atoms with Crippen LogP contribution in [0.25, 0.3) is 0 Å². The fraction of sp³-hybridized carbons (Fsp3) is 0.375. The lowest BCUT2D eigenvalue weighted by molar-refractivity contribution is -0.131. The third-order valence-electron chi connectivity index (χ3n) is 4.38. The molecular formula is C16H19N5O4. The Kier molecular flexibility index (Phi) is 4.55. The van der Waals surface area contributed by atoms with Gasteiger partial charge in [0, 0.05) is 38.1 Å². The van der Waals surface area contributed by atoms with E-state index < -0.39 is 11.2 Å². The molecule has 2 aromatic heterocycles. The molecule has 25 heavy (non-hydrogen) atoms. The SMILES string of the molecule is CN(C(=O)Cc1cc(=O)[nH]c(=O)[nH]1)C1CCN(C(=O)c2ccc[nH]2)C1. The molecule has 1 aliphatic rings. The van der Waals surface area contributed by atoms with Gasteiger partial charge < -0.3 is 19.8 Å². The lowest BCUT2D eigenvalue weighted by atomic mass is 10.2. The number of H-pyrrole nitrogens is 3. The highest BCUT2D eigenvalue weighted by molar-refractivity contribution is 5.92. The second-order valence-corrected chi connectivity index (χ2v) is 6.07. The predicted octanol–water partition coefficient (Wildman–Crippen LogP) is -0.693. The number of aromatic amines is 3. The molecule has 3 rings (SSSR count). The number of amides is 2. The van der Waals surface area contributed by atoms with E-state index in [1.54, 1.807) is 35.2 Å². The van der Waals surface area contributed by atoms with Gasteiger partial charge in [0.25, 0.3) is 11.5 Å². The average molecular weight is 345 g/mol. The van der Waals surface area contributed by atoms with Gasteiger partial charge in [0.05, 0.1) is 12.5 Å². The fourth-order valence-electron chi connectivity index (χ4n) is 2.98. The van der Waals surface area contributed by atoms with E-state index in [9.17, 15) is 19.2 Å². The molecule has 2 aromatic rings. The molecule has 3 N–H and O–H groups in total. The maximum atomic E-state index is 12.4. The van der Waals surface area contributed by atoms with Gasteiger partial charge in [-0.25, -0.2) is 4.79 Å². The number of aromatic nitrogens is 3. The Hall–Kier alpha value is -3.10. The number of likely N-dealkylation sites (tertiary alicyclic amines) is 1. The lowest BCUT2D eigenvalue weighted by Crippen LogP contribution is -2.41. The summed E-state index contributed by atoms with van der Waals surface area (Å²) < 4.78 is 0. The Balaban J connectivity index is 1.62. The Morgan fingerprint density at radius 1 is 1.32 bits per heavy atom. The molecule has 1 aliphatic heterocycles. The van der Waals surface area contributed by atoms with Crippen LogP contribution in [0.5, 0.6) is 0 Å². The van der Waals surface area contributed by atoms with Crippen molar-refractivity contribution in [1.82, 2.24) is 24.8 Å². The van der Waals surface area contributed by atoms with E-state index in [1.807, 2.05) is 0 Å². The van der Waals surface area contributed by atoms with Gasteiger partial charge in [-0.2, -0.15) is 0 Å². The fourth-order valence-corrected chi connectivity index (χ4v) is 2.98. The minimum absolute atomic E-state index is 0.0727. The molecule has 1 unspecified atom stereocenters. The Morgan fingerprint density at radius 3 is 2.80 bits per heavy atom. The minimum Gasteiger partial charge on any atom is -0.357 e. The summed E-state index contributed by atoms with van der Waals surface area (Å²) >= 11 is 0. The van der Waals surface area contributed by atoms with Gasteiger partial charge in [-0.15, -0.1) is 0 Å². The Bertz CT molecular complexity index is 854. The highest BCUT2D eigenvalue weighted by Gasteiger charge is 2.31. The van der Waals surface area contributed by atoms with E-state index >= 15 is 0 Å². The number of hydrogen-bond donors (Lipinski definition) is 3. The molecule has 0 aromatic carbocycles. The van der Waals surface area contributed by atoms with Gasteiger partial charge in [-0.05, 0) is 18.6 Å². The van der Waals surface area contributed by atoms with Gasteiger partial charge in [-0.1, -0.05) is 0 Å². The lowest BCUT2D eigenvalue weighted by Gasteiger charge is -2.25. The summed E-state index contributed by atoms with van der Waals surface area (Å²) in [6, 6.07) is 4.58. The first kappa shape index (κ1) is 16.7. The van der Waals surface area contributed by atoms with E-state index in [0.29, 0.717) is 25.2 Å². The summed E-state index contributed by atoms with van der Waals surface area (Å²) in [4.78, 5) is 58.0. The molecule has 9 nitrogen and oxygen atoms in total. The molecule has 0 radical (unpaired) electrons. The van der Waals surface area contributed by atoms with Crippen LogP contribution in [-0.4, -0.2) is 62.7 Å². The van der Waals surface area contributed by atoms with Crippen molar-refractivity contribution in [3.05, 3.63) is 56.6 Å². The molecule has 9 heteroatoms. The number of likely N-dealkylation sites (N-methyl/N-ethyl adjacent to an activating group) is 1. The summed E-state index contributed by atoms with van der Waals surface area (Å²) in [5.41, 5.74) is -0.391. The highest BCUT2D eigenvalue weighted by atomic mass is 16.2. The summed E-state index contributed by atoms with van der Waals surface area (Å²) in [6.07, 6.45) is 2.30. The van der Waals surface area contributed by atoms with Crippen molar-refractivity contribution < 1.29 is 9.59 Å². The predicted molar refractivity (Wildman–Crippen MR) is 89.3 cm³/mol. The van der Waals surface area contributed by atoms with Gasteiger partial charge >= 0.3 is 5.69 Å². The third-order valence-corrected chi connectivity index (χ3v) is 4.38. The van der Waals surface area contributed by atoms with Crippen molar-refractivity contribution in [2.45, 2.75) is 18.9 Å². The largest absolute Gasteiger partial charge is 0.357 e. The number of carbonyl (C=O) groups is 2. The van der Waals surface area contributed by atoms with Crippen molar-refractivity contribution in [3.63, 3.8) is 0 Å². The van der Waals surface area contributed by atoms with Crippen LogP contribution in [0.3, 0.4) is 0 Å². The summed E-state index contributed by atoms with van der Waals surface area (Å²) in [7, 11) is 1.67. The standard InChI is InChI=1S/C16H19N5O4/c1-20(14(23)8-10-7-13(22)19-16(25)18-10)11-4-6-21(9-11)15(24)12-3-2-5-17-12/h2-3,5,7,11,17H,4,6,8-9H2,1H3,(H2,18,19,22,25). The molecular weight excluding hydrogens is 326 g/mol. The first-order valence-corrected chi connectivity index (χ1v) is 7.95.